The summed E-state index contributed by atoms with van der Waals surface area (Å²) in [5.74, 6) is 1.93. The van der Waals surface area contributed by atoms with E-state index in [1.165, 1.54) is 13.8 Å². The Labute approximate surface area is 280 Å². The lowest BCUT2D eigenvalue weighted by molar-refractivity contribution is -0.296. The van der Waals surface area contributed by atoms with Crippen LogP contribution < -0.4 is 5.32 Å². The van der Waals surface area contributed by atoms with Gasteiger partial charge in [-0.1, -0.05) is 46.1 Å². The van der Waals surface area contributed by atoms with E-state index in [9.17, 15) is 29.7 Å². The quantitative estimate of drug-likeness (QED) is 0.240. The molecular formula is C37H59NO9. The van der Waals surface area contributed by atoms with E-state index in [0.29, 0.717) is 49.0 Å². The van der Waals surface area contributed by atoms with Crippen molar-refractivity contribution >= 4 is 17.7 Å². The number of amides is 1. The summed E-state index contributed by atoms with van der Waals surface area (Å²) >= 11 is 0. The molecular weight excluding hydrogens is 602 g/mol. The number of rotatable bonds is 11. The minimum absolute atomic E-state index is 0.0879. The first-order chi connectivity index (χ1) is 22.2. The molecule has 266 valence electrons. The van der Waals surface area contributed by atoms with Crippen LogP contribution in [0.3, 0.4) is 0 Å². The van der Waals surface area contributed by atoms with E-state index >= 15 is 0 Å². The van der Waals surface area contributed by atoms with Gasteiger partial charge in [0.25, 0.3) is 0 Å². The van der Waals surface area contributed by atoms with Gasteiger partial charge in [0.05, 0.1) is 19.3 Å². The summed E-state index contributed by atoms with van der Waals surface area (Å²) in [7, 11) is 0. The molecule has 0 radical (unpaired) electrons. The standard InChI is InChI=1S/C37H59NO9/c1-20(19-45-23(4)41)8-7-9-21(2)26-10-11-27-31-28(13-15-37(26,27)6)36(5)14-12-25(42)16-24(36)17-29(31)46-35-32(38-22(3)40)34(44)33(43)30(18-39)47-35/h16,20-21,26-35,39,43-44H,7-15,17-19H2,1-6H3,(H,38,40)/t20-,21-,26?,27?,28?,29-,30?,31+,32?,33-,34-,35-,36+,37-/m1/s1. The zero-order valence-electron chi connectivity index (χ0n) is 29.3. The molecule has 0 aromatic rings. The predicted octanol–water partition coefficient (Wildman–Crippen LogP) is 4.08. The predicted molar refractivity (Wildman–Crippen MR) is 175 cm³/mol. The normalized spacial score (nSPS) is 42.7. The number of hydrogen-bond acceptors (Lipinski definition) is 9. The minimum Gasteiger partial charge on any atom is -0.466 e. The van der Waals surface area contributed by atoms with Gasteiger partial charge in [0.2, 0.25) is 5.91 Å². The Morgan fingerprint density at radius 3 is 2.49 bits per heavy atom. The number of carbonyl (C=O) groups excluding carboxylic acids is 3. The van der Waals surface area contributed by atoms with Crippen molar-refractivity contribution in [3.8, 4) is 0 Å². The van der Waals surface area contributed by atoms with Gasteiger partial charge >= 0.3 is 5.97 Å². The zero-order chi connectivity index (χ0) is 34.3. The highest BCUT2D eigenvalue weighted by atomic mass is 16.7. The number of ether oxygens (including phenoxy) is 3. The molecule has 1 amide bonds. The van der Waals surface area contributed by atoms with Crippen LogP contribution in [-0.4, -0.2) is 82.9 Å². The van der Waals surface area contributed by atoms with Gasteiger partial charge in [0.15, 0.2) is 12.1 Å². The number of fused-ring (bicyclic) bond motifs is 5. The molecule has 0 aromatic carbocycles. The van der Waals surface area contributed by atoms with E-state index in [2.05, 4.69) is 33.0 Å². The van der Waals surface area contributed by atoms with Crippen LogP contribution in [0.4, 0.5) is 0 Å². The molecule has 1 saturated heterocycles. The van der Waals surface area contributed by atoms with Crippen LogP contribution in [0.2, 0.25) is 0 Å². The molecule has 10 heteroatoms. The molecule has 1 aliphatic heterocycles. The molecule has 0 bridgehead atoms. The molecule has 5 rings (SSSR count). The average Bonchev–Trinajstić information content (AvgIpc) is 3.37. The Morgan fingerprint density at radius 1 is 1.06 bits per heavy atom. The Balaban J connectivity index is 1.39. The van der Waals surface area contributed by atoms with E-state index in [0.717, 1.165) is 56.9 Å². The van der Waals surface area contributed by atoms with Crippen molar-refractivity contribution in [2.45, 2.75) is 142 Å². The highest BCUT2D eigenvalue weighted by Crippen LogP contribution is 2.68. The monoisotopic (exact) mass is 661 g/mol. The van der Waals surface area contributed by atoms with Crippen molar-refractivity contribution in [1.82, 2.24) is 5.32 Å². The van der Waals surface area contributed by atoms with Crippen LogP contribution in [0.25, 0.3) is 0 Å². The van der Waals surface area contributed by atoms with E-state index in [-0.39, 0.29) is 40.5 Å². The number of aliphatic hydroxyl groups excluding tert-OH is 3. The molecule has 47 heavy (non-hydrogen) atoms. The van der Waals surface area contributed by atoms with Crippen molar-refractivity contribution in [2.75, 3.05) is 13.2 Å². The van der Waals surface area contributed by atoms with Gasteiger partial charge in [-0.3, -0.25) is 14.4 Å². The van der Waals surface area contributed by atoms with Gasteiger partial charge in [-0.05, 0) is 97.4 Å². The largest absolute Gasteiger partial charge is 0.466 e. The summed E-state index contributed by atoms with van der Waals surface area (Å²) in [4.78, 5) is 36.1. The van der Waals surface area contributed by atoms with Crippen molar-refractivity contribution in [3.63, 3.8) is 0 Å². The van der Waals surface area contributed by atoms with E-state index in [1.807, 2.05) is 6.08 Å². The number of carbonyl (C=O) groups is 3. The molecule has 10 nitrogen and oxygen atoms in total. The van der Waals surface area contributed by atoms with Crippen LogP contribution in [0, 0.1) is 46.3 Å². The van der Waals surface area contributed by atoms with Crippen LogP contribution in [0.5, 0.6) is 0 Å². The second-order valence-corrected chi connectivity index (χ2v) is 16.2. The molecule has 0 aromatic heterocycles. The Bertz CT molecular complexity index is 1190. The molecule has 0 spiro atoms. The lowest BCUT2D eigenvalue weighted by Crippen LogP contribution is -2.66. The number of esters is 1. The first-order valence-corrected chi connectivity index (χ1v) is 18.1. The lowest BCUT2D eigenvalue weighted by Gasteiger charge is -2.61. The fourth-order valence-corrected chi connectivity index (χ4v) is 10.7. The SMILES string of the molecule is CC(=O)NC1[C@H](O[C@@H]2CC3=CC(=O)CC[C@]3(C)C3CC[C@@]4(C)C(CCC4[C@H](C)CCC[C@@H](C)COC(C)=O)[C@@H]32)OC(CO)[C@@H](O)[C@@H]1O. The second kappa shape index (κ2) is 14.6. The highest BCUT2D eigenvalue weighted by Gasteiger charge is 2.63. The third-order valence-corrected chi connectivity index (χ3v) is 13.2. The molecule has 1 heterocycles. The van der Waals surface area contributed by atoms with Crippen molar-refractivity contribution in [3.05, 3.63) is 11.6 Å². The van der Waals surface area contributed by atoms with Crippen molar-refractivity contribution in [1.29, 1.82) is 0 Å². The number of ketones is 1. The molecule has 14 atom stereocenters. The molecule has 4 N–H and O–H groups in total. The van der Waals surface area contributed by atoms with E-state index in [1.54, 1.807) is 0 Å². The topological polar surface area (TPSA) is 152 Å². The second-order valence-electron chi connectivity index (χ2n) is 16.2. The highest BCUT2D eigenvalue weighted by molar-refractivity contribution is 5.91. The Kier molecular flexibility index (Phi) is 11.3. The smallest absolute Gasteiger partial charge is 0.302 e. The zero-order valence-corrected chi connectivity index (χ0v) is 29.3. The van der Waals surface area contributed by atoms with Gasteiger partial charge in [-0.25, -0.2) is 0 Å². The van der Waals surface area contributed by atoms with Crippen LogP contribution in [0.15, 0.2) is 11.6 Å². The first-order valence-electron chi connectivity index (χ1n) is 18.1. The minimum atomic E-state index is -1.38. The average molecular weight is 662 g/mol. The van der Waals surface area contributed by atoms with Crippen molar-refractivity contribution in [2.24, 2.45) is 46.3 Å². The fourth-order valence-electron chi connectivity index (χ4n) is 10.7. The van der Waals surface area contributed by atoms with E-state index in [4.69, 9.17) is 14.2 Å². The molecule has 4 aliphatic carbocycles. The Hall–Kier alpha value is -1.85. The summed E-state index contributed by atoms with van der Waals surface area (Å²) in [5.41, 5.74) is 1.16. The summed E-state index contributed by atoms with van der Waals surface area (Å²) in [6.45, 7) is 12.1. The van der Waals surface area contributed by atoms with Crippen LogP contribution >= 0.6 is 0 Å². The van der Waals surface area contributed by atoms with Crippen molar-refractivity contribution < 1.29 is 43.9 Å². The summed E-state index contributed by atoms with van der Waals surface area (Å²) < 4.78 is 18.2. The fraction of sp³-hybridized carbons (Fsp3) is 0.865. The maximum Gasteiger partial charge on any atom is 0.302 e. The maximum absolute atomic E-state index is 12.7. The maximum atomic E-state index is 12.7. The van der Waals surface area contributed by atoms with Gasteiger partial charge in [0, 0.05) is 20.3 Å². The summed E-state index contributed by atoms with van der Waals surface area (Å²) in [5, 5.41) is 34.3. The lowest BCUT2D eigenvalue weighted by atomic mass is 9.45. The number of nitrogens with one attached hydrogen (secondary N) is 1. The number of hydrogen-bond donors (Lipinski definition) is 4. The third-order valence-electron chi connectivity index (χ3n) is 13.2. The van der Waals surface area contributed by atoms with Gasteiger partial charge in [-0.2, -0.15) is 0 Å². The summed E-state index contributed by atoms with van der Waals surface area (Å²) in [6, 6.07) is -1.01. The first kappa shape index (κ1) is 36.4. The Morgan fingerprint density at radius 2 is 1.81 bits per heavy atom. The summed E-state index contributed by atoms with van der Waals surface area (Å²) in [6.07, 6.45) is 6.34. The van der Waals surface area contributed by atoms with Gasteiger partial charge < -0.3 is 34.8 Å². The van der Waals surface area contributed by atoms with Crippen LogP contribution in [0.1, 0.15) is 106 Å². The van der Waals surface area contributed by atoms with E-state index < -0.39 is 37.3 Å². The van der Waals surface area contributed by atoms with Gasteiger partial charge in [0.1, 0.15) is 24.4 Å². The van der Waals surface area contributed by atoms with Gasteiger partial charge in [-0.15, -0.1) is 0 Å². The molecule has 5 unspecified atom stereocenters. The third kappa shape index (κ3) is 7.23. The molecule has 4 fully saturated rings. The van der Waals surface area contributed by atoms with Crippen LogP contribution in [-0.2, 0) is 28.6 Å². The molecule has 5 aliphatic rings. The molecule has 3 saturated carbocycles. The number of aliphatic hydroxyl groups is 3.